The Balaban J connectivity index is 1.17. The van der Waals surface area contributed by atoms with Crippen molar-refractivity contribution in [2.45, 2.75) is 32.2 Å². The molecule has 1 amide bonds. The van der Waals surface area contributed by atoms with Crippen LogP contribution in [0, 0.1) is 0 Å². The molecule has 0 aliphatic carbocycles. The number of pyridine rings is 1. The average molecular weight is 527 g/mol. The highest BCUT2D eigenvalue weighted by atomic mass is 16.5. The third-order valence-corrected chi connectivity index (χ3v) is 7.23. The number of carbonyl (C=O) groups is 1. The molecule has 0 atom stereocenters. The molecule has 0 N–H and O–H groups in total. The van der Waals surface area contributed by atoms with E-state index in [1.165, 1.54) is 11.1 Å². The van der Waals surface area contributed by atoms with Crippen LogP contribution in [0.25, 0.3) is 6.08 Å². The van der Waals surface area contributed by atoms with Crippen LogP contribution in [-0.2, 0) is 4.79 Å². The standard InChI is InChI=1S/C33H42N4O2/c1-3-26-39-31-18-16-28(27-34-31)17-19-32(38)35(2)20-10-11-21-36-22-24-37(25-23-36)33(29-12-6-4-7-13-29)30-14-8-5-9-15-30/h4-9,12-19,27,33H,3,10-11,20-26H2,1-2H3/b19-17+. The van der Waals surface area contributed by atoms with Gasteiger partial charge in [-0.15, -0.1) is 0 Å². The molecule has 39 heavy (non-hydrogen) atoms. The van der Waals surface area contributed by atoms with E-state index in [1.807, 2.05) is 25.3 Å². The topological polar surface area (TPSA) is 48.9 Å². The first-order valence-corrected chi connectivity index (χ1v) is 14.2. The summed E-state index contributed by atoms with van der Waals surface area (Å²) in [5.41, 5.74) is 3.60. The SMILES string of the molecule is CCCOc1ccc(/C=C/C(=O)N(C)CCCCN2CCN(C(c3ccccc3)c3ccccc3)CC2)cn1. The summed E-state index contributed by atoms with van der Waals surface area (Å²) >= 11 is 0. The van der Waals surface area contributed by atoms with Crippen molar-refractivity contribution in [1.82, 2.24) is 19.7 Å². The molecule has 0 unspecified atom stereocenters. The fourth-order valence-electron chi connectivity index (χ4n) is 5.00. The van der Waals surface area contributed by atoms with Crippen molar-refractivity contribution in [3.8, 4) is 5.88 Å². The van der Waals surface area contributed by atoms with Crippen molar-refractivity contribution in [2.24, 2.45) is 0 Å². The molecular weight excluding hydrogens is 484 g/mol. The second-order valence-corrected chi connectivity index (χ2v) is 10.2. The molecule has 2 aromatic carbocycles. The Labute approximate surface area is 233 Å². The number of rotatable bonds is 13. The largest absolute Gasteiger partial charge is 0.478 e. The van der Waals surface area contributed by atoms with Gasteiger partial charge in [-0.25, -0.2) is 4.98 Å². The van der Waals surface area contributed by atoms with E-state index in [0.29, 0.717) is 18.5 Å². The molecule has 6 nitrogen and oxygen atoms in total. The molecule has 1 aromatic heterocycles. The molecule has 0 spiro atoms. The maximum absolute atomic E-state index is 12.5. The van der Waals surface area contributed by atoms with E-state index in [0.717, 1.165) is 64.1 Å². The number of ether oxygens (including phenoxy) is 1. The fraction of sp³-hybridized carbons (Fsp3) is 0.394. The molecule has 4 rings (SSSR count). The van der Waals surface area contributed by atoms with Gasteiger partial charge in [0, 0.05) is 58.1 Å². The summed E-state index contributed by atoms with van der Waals surface area (Å²) in [5, 5.41) is 0. The van der Waals surface area contributed by atoms with Gasteiger partial charge in [0.05, 0.1) is 12.6 Å². The minimum atomic E-state index is 0.0165. The fourth-order valence-corrected chi connectivity index (χ4v) is 5.00. The molecule has 1 aliphatic heterocycles. The van der Waals surface area contributed by atoms with Gasteiger partial charge < -0.3 is 14.5 Å². The smallest absolute Gasteiger partial charge is 0.246 e. The van der Waals surface area contributed by atoms with Crippen molar-refractivity contribution in [2.75, 3.05) is 52.9 Å². The number of likely N-dealkylation sites (N-methyl/N-ethyl adjacent to an activating group) is 1. The van der Waals surface area contributed by atoms with E-state index in [1.54, 1.807) is 17.2 Å². The number of carbonyl (C=O) groups excluding carboxylic acids is 1. The number of hydrogen-bond donors (Lipinski definition) is 0. The minimum absolute atomic E-state index is 0.0165. The van der Waals surface area contributed by atoms with Crippen LogP contribution >= 0.6 is 0 Å². The number of benzene rings is 2. The first-order chi connectivity index (χ1) is 19.1. The summed E-state index contributed by atoms with van der Waals surface area (Å²) in [6.45, 7) is 8.81. The summed E-state index contributed by atoms with van der Waals surface area (Å²) in [5.74, 6) is 0.633. The van der Waals surface area contributed by atoms with Crippen LogP contribution in [0.3, 0.4) is 0 Å². The van der Waals surface area contributed by atoms with Crippen LogP contribution in [-0.4, -0.2) is 78.5 Å². The van der Waals surface area contributed by atoms with Gasteiger partial charge in [0.1, 0.15) is 0 Å². The zero-order valence-electron chi connectivity index (χ0n) is 23.4. The molecule has 1 aliphatic rings. The summed E-state index contributed by atoms with van der Waals surface area (Å²) in [7, 11) is 1.87. The van der Waals surface area contributed by atoms with Gasteiger partial charge in [-0.1, -0.05) is 67.6 Å². The summed E-state index contributed by atoms with van der Waals surface area (Å²) in [6, 6.07) is 25.8. The molecule has 6 heteroatoms. The van der Waals surface area contributed by atoms with Crippen LogP contribution in [0.4, 0.5) is 0 Å². The molecule has 206 valence electrons. The number of hydrogen-bond acceptors (Lipinski definition) is 5. The highest BCUT2D eigenvalue weighted by Crippen LogP contribution is 2.29. The summed E-state index contributed by atoms with van der Waals surface area (Å²) < 4.78 is 5.51. The van der Waals surface area contributed by atoms with Crippen molar-refractivity contribution in [1.29, 1.82) is 0 Å². The average Bonchev–Trinajstić information content (AvgIpc) is 2.99. The lowest BCUT2D eigenvalue weighted by atomic mass is 9.96. The highest BCUT2D eigenvalue weighted by Gasteiger charge is 2.26. The Morgan fingerprint density at radius 2 is 1.62 bits per heavy atom. The van der Waals surface area contributed by atoms with Gasteiger partial charge in [-0.2, -0.15) is 0 Å². The lowest BCUT2D eigenvalue weighted by Crippen LogP contribution is -2.48. The first kappa shape index (κ1) is 28.5. The van der Waals surface area contributed by atoms with Gasteiger partial charge in [0.25, 0.3) is 0 Å². The molecule has 0 saturated carbocycles. The van der Waals surface area contributed by atoms with E-state index in [4.69, 9.17) is 4.74 Å². The molecule has 0 radical (unpaired) electrons. The summed E-state index contributed by atoms with van der Waals surface area (Å²) in [4.78, 5) is 23.8. The van der Waals surface area contributed by atoms with Gasteiger partial charge in [0.15, 0.2) is 0 Å². The Hall–Kier alpha value is -3.48. The minimum Gasteiger partial charge on any atom is -0.478 e. The quantitative estimate of drug-likeness (QED) is 0.217. The maximum atomic E-state index is 12.5. The Morgan fingerprint density at radius 3 is 2.21 bits per heavy atom. The van der Waals surface area contributed by atoms with Crippen molar-refractivity contribution >= 4 is 12.0 Å². The van der Waals surface area contributed by atoms with E-state index in [9.17, 15) is 4.79 Å². The molecule has 1 saturated heterocycles. The lowest BCUT2D eigenvalue weighted by Gasteiger charge is -2.40. The molecule has 0 bridgehead atoms. The Kier molecular flexibility index (Phi) is 11.1. The van der Waals surface area contributed by atoms with Crippen LogP contribution in [0.1, 0.15) is 48.9 Å². The molecule has 2 heterocycles. The second kappa shape index (κ2) is 15.2. The number of amides is 1. The molecular formula is C33H42N4O2. The van der Waals surface area contributed by atoms with Crippen LogP contribution in [0.2, 0.25) is 0 Å². The normalized spacial score (nSPS) is 14.6. The van der Waals surface area contributed by atoms with Gasteiger partial charge in [-0.05, 0) is 54.6 Å². The van der Waals surface area contributed by atoms with Crippen LogP contribution < -0.4 is 4.74 Å². The zero-order chi connectivity index (χ0) is 27.3. The molecule has 3 aromatic rings. The van der Waals surface area contributed by atoms with Crippen molar-refractivity contribution in [3.63, 3.8) is 0 Å². The Bertz CT molecular complexity index is 1100. The van der Waals surface area contributed by atoms with Crippen LogP contribution in [0.15, 0.2) is 85.1 Å². The number of unbranched alkanes of at least 4 members (excludes halogenated alkanes) is 1. The van der Waals surface area contributed by atoms with E-state index in [-0.39, 0.29) is 5.91 Å². The third-order valence-electron chi connectivity index (χ3n) is 7.23. The van der Waals surface area contributed by atoms with Crippen molar-refractivity contribution in [3.05, 3.63) is 102 Å². The van der Waals surface area contributed by atoms with Crippen molar-refractivity contribution < 1.29 is 9.53 Å². The second-order valence-electron chi connectivity index (χ2n) is 10.2. The number of piperazine rings is 1. The predicted molar refractivity (Wildman–Crippen MR) is 159 cm³/mol. The predicted octanol–water partition coefficient (Wildman–Crippen LogP) is 5.53. The summed E-state index contributed by atoms with van der Waals surface area (Å²) in [6.07, 6.45) is 8.20. The number of aromatic nitrogens is 1. The third kappa shape index (κ3) is 8.77. The zero-order valence-corrected chi connectivity index (χ0v) is 23.4. The first-order valence-electron chi connectivity index (χ1n) is 14.2. The van der Waals surface area contributed by atoms with Gasteiger partial charge >= 0.3 is 0 Å². The lowest BCUT2D eigenvalue weighted by molar-refractivity contribution is -0.124. The van der Waals surface area contributed by atoms with E-state index >= 15 is 0 Å². The van der Waals surface area contributed by atoms with E-state index in [2.05, 4.69) is 82.4 Å². The van der Waals surface area contributed by atoms with Gasteiger partial charge in [-0.3, -0.25) is 9.69 Å². The highest BCUT2D eigenvalue weighted by molar-refractivity contribution is 5.91. The van der Waals surface area contributed by atoms with Gasteiger partial charge in [0.2, 0.25) is 11.8 Å². The van der Waals surface area contributed by atoms with E-state index < -0.39 is 0 Å². The molecule has 1 fully saturated rings. The Morgan fingerprint density at radius 1 is 0.949 bits per heavy atom. The maximum Gasteiger partial charge on any atom is 0.246 e. The van der Waals surface area contributed by atoms with Crippen LogP contribution in [0.5, 0.6) is 5.88 Å². The number of nitrogens with zero attached hydrogens (tertiary/aromatic N) is 4. The monoisotopic (exact) mass is 526 g/mol.